The van der Waals surface area contributed by atoms with E-state index in [0.29, 0.717) is 11.4 Å². The number of carbonyl (C=O) groups is 1. The maximum atomic E-state index is 11.3. The minimum atomic E-state index is -0.0987. The fraction of sp³-hybridized carbons (Fsp3) is 0.250. The monoisotopic (exact) mass is 291 g/mol. The maximum Gasteiger partial charge on any atom is 0.251 e. The van der Waals surface area contributed by atoms with Crippen LogP contribution in [-0.4, -0.2) is 17.9 Å². The number of anilines is 1. The Morgan fingerprint density at radius 2 is 2.23 bits per heavy atom. The number of aryl methyl sites for hydroxylation is 1. The van der Waals surface area contributed by atoms with Crippen LogP contribution < -0.4 is 8.85 Å². The number of carbonyl (C=O) groups excluding carboxylic acids is 1. The second-order valence-electron chi connectivity index (χ2n) is 2.56. The molecule has 1 rings (SSSR count). The molecule has 13 heavy (non-hydrogen) atoms. The Kier molecular flexibility index (Phi) is 3.47. The van der Waals surface area contributed by atoms with Crippen molar-refractivity contribution in [1.29, 1.82) is 0 Å². The van der Waals surface area contributed by atoms with Gasteiger partial charge in [-0.05, 0) is 19.1 Å². The molecule has 0 aliphatic heterocycles. The summed E-state index contributed by atoms with van der Waals surface area (Å²) in [5.41, 5.74) is 1.44. The van der Waals surface area contributed by atoms with Gasteiger partial charge in [0.1, 0.15) is 5.82 Å². The fourth-order valence-electron chi connectivity index (χ4n) is 0.992. The Bertz CT molecular complexity index is 327. The zero-order valence-corrected chi connectivity index (χ0v) is 9.55. The van der Waals surface area contributed by atoms with E-state index in [9.17, 15) is 4.79 Å². The third-order valence-corrected chi connectivity index (χ3v) is 2.09. The number of aromatic nitrogens is 1. The summed E-state index contributed by atoms with van der Waals surface area (Å²) in [6.07, 6.45) is 0. The molecule has 0 saturated carbocycles. The largest absolute Gasteiger partial charge is 0.355 e. The number of pyridine rings is 1. The lowest BCUT2D eigenvalue weighted by Gasteiger charge is -2.03. The van der Waals surface area contributed by atoms with Gasteiger partial charge in [0.25, 0.3) is 5.91 Å². The summed E-state index contributed by atoms with van der Waals surface area (Å²) in [6, 6.07) is 3.45. The van der Waals surface area contributed by atoms with Gasteiger partial charge in [-0.3, -0.25) is 4.79 Å². The molecule has 0 saturated heterocycles. The highest BCUT2D eigenvalue weighted by atomic mass is 127. The molecule has 0 aliphatic rings. The van der Waals surface area contributed by atoms with Gasteiger partial charge in [-0.15, -0.1) is 0 Å². The van der Waals surface area contributed by atoms with Gasteiger partial charge in [0.15, 0.2) is 0 Å². The molecule has 2 N–H and O–H groups in total. The summed E-state index contributed by atoms with van der Waals surface area (Å²) in [5.74, 6) is 0.595. The molecule has 1 aromatic rings. The average molecular weight is 291 g/mol. The number of nitrogens with one attached hydrogen (secondary N) is 2. The Balaban J connectivity index is 3.08. The summed E-state index contributed by atoms with van der Waals surface area (Å²) >= 11 is 1.98. The Hall–Kier alpha value is -0.850. The van der Waals surface area contributed by atoms with Crippen LogP contribution in [0.15, 0.2) is 12.1 Å². The third-order valence-electron chi connectivity index (χ3n) is 1.54. The van der Waals surface area contributed by atoms with Gasteiger partial charge in [0.05, 0.1) is 22.9 Å². The molecule has 0 atom stereocenters. The minimum Gasteiger partial charge on any atom is -0.355 e. The lowest BCUT2D eigenvalue weighted by Crippen LogP contribution is -2.18. The van der Waals surface area contributed by atoms with E-state index in [1.807, 2.05) is 29.8 Å². The van der Waals surface area contributed by atoms with Crippen molar-refractivity contribution in [3.63, 3.8) is 0 Å². The van der Waals surface area contributed by atoms with E-state index in [4.69, 9.17) is 0 Å². The second kappa shape index (κ2) is 4.40. The standard InChI is InChI=1S/C8H10IN3O/c1-5-3-6(8(13)10-2)4-7(11-5)12-9/h3-4H,1-2H3,(H,10,13)(H,11,12). The van der Waals surface area contributed by atoms with Crippen molar-refractivity contribution in [3.8, 4) is 0 Å². The Labute approximate surface area is 90.6 Å². The van der Waals surface area contributed by atoms with Gasteiger partial charge >= 0.3 is 0 Å². The Morgan fingerprint density at radius 3 is 2.77 bits per heavy atom. The zero-order valence-electron chi connectivity index (χ0n) is 7.39. The number of rotatable bonds is 2. The van der Waals surface area contributed by atoms with Gasteiger partial charge in [-0.2, -0.15) is 0 Å². The number of hydrogen-bond acceptors (Lipinski definition) is 3. The molecule has 0 radical (unpaired) electrons. The van der Waals surface area contributed by atoms with Crippen LogP contribution in [0.1, 0.15) is 16.1 Å². The summed E-state index contributed by atoms with van der Waals surface area (Å²) in [5, 5.41) is 2.56. The average Bonchev–Trinajstić information content (AvgIpc) is 2.15. The van der Waals surface area contributed by atoms with Crippen molar-refractivity contribution in [2.75, 3.05) is 10.6 Å². The third kappa shape index (κ3) is 2.55. The maximum absolute atomic E-state index is 11.3. The molecular weight excluding hydrogens is 281 g/mol. The van der Waals surface area contributed by atoms with Crippen LogP contribution in [0.5, 0.6) is 0 Å². The highest BCUT2D eigenvalue weighted by Gasteiger charge is 2.05. The summed E-state index contributed by atoms with van der Waals surface area (Å²) in [4.78, 5) is 15.4. The quantitative estimate of drug-likeness (QED) is 0.641. The number of hydrogen-bond donors (Lipinski definition) is 2. The van der Waals surface area contributed by atoms with Crippen LogP contribution in [-0.2, 0) is 0 Å². The van der Waals surface area contributed by atoms with E-state index in [1.54, 1.807) is 19.2 Å². The normalized spacial score (nSPS) is 9.46. The highest BCUT2D eigenvalue weighted by Crippen LogP contribution is 2.11. The molecule has 1 heterocycles. The smallest absolute Gasteiger partial charge is 0.251 e. The van der Waals surface area contributed by atoms with Gasteiger partial charge in [0, 0.05) is 18.3 Å². The van der Waals surface area contributed by atoms with Crippen molar-refractivity contribution in [3.05, 3.63) is 23.4 Å². The van der Waals surface area contributed by atoms with Crippen LogP contribution in [0.25, 0.3) is 0 Å². The van der Waals surface area contributed by atoms with E-state index in [2.05, 4.69) is 13.8 Å². The zero-order chi connectivity index (χ0) is 9.84. The van der Waals surface area contributed by atoms with E-state index < -0.39 is 0 Å². The van der Waals surface area contributed by atoms with E-state index in [-0.39, 0.29) is 5.91 Å². The predicted molar refractivity (Wildman–Crippen MR) is 60.0 cm³/mol. The molecule has 0 aromatic carbocycles. The molecule has 0 unspecified atom stereocenters. The predicted octanol–water partition coefficient (Wildman–Crippen LogP) is 1.51. The highest BCUT2D eigenvalue weighted by molar-refractivity contribution is 14.1. The summed E-state index contributed by atoms with van der Waals surface area (Å²) in [7, 11) is 1.61. The summed E-state index contributed by atoms with van der Waals surface area (Å²) in [6.45, 7) is 1.85. The second-order valence-corrected chi connectivity index (χ2v) is 3.10. The van der Waals surface area contributed by atoms with Crippen molar-refractivity contribution in [2.45, 2.75) is 6.92 Å². The number of amides is 1. The first kappa shape index (κ1) is 10.2. The summed E-state index contributed by atoms with van der Waals surface area (Å²) < 4.78 is 2.87. The van der Waals surface area contributed by atoms with Gasteiger partial charge in [0.2, 0.25) is 0 Å². The molecular formula is C8H10IN3O. The molecule has 0 spiro atoms. The van der Waals surface area contributed by atoms with Crippen molar-refractivity contribution in [2.24, 2.45) is 0 Å². The lowest BCUT2D eigenvalue weighted by molar-refractivity contribution is 0.0963. The van der Waals surface area contributed by atoms with E-state index >= 15 is 0 Å². The van der Waals surface area contributed by atoms with E-state index in [0.717, 1.165) is 5.69 Å². The number of halogens is 1. The first-order valence-electron chi connectivity index (χ1n) is 3.75. The number of nitrogens with zero attached hydrogens (tertiary/aromatic N) is 1. The van der Waals surface area contributed by atoms with Crippen LogP contribution in [0.4, 0.5) is 5.82 Å². The van der Waals surface area contributed by atoms with E-state index in [1.165, 1.54) is 0 Å². The molecule has 70 valence electrons. The fourth-order valence-corrected chi connectivity index (χ4v) is 1.27. The molecule has 0 bridgehead atoms. The first-order chi connectivity index (χ1) is 6.17. The lowest BCUT2D eigenvalue weighted by atomic mass is 10.2. The molecule has 1 amide bonds. The van der Waals surface area contributed by atoms with Gasteiger partial charge in [-0.1, -0.05) is 0 Å². The molecule has 0 fully saturated rings. The van der Waals surface area contributed by atoms with Crippen molar-refractivity contribution in [1.82, 2.24) is 10.3 Å². The molecule has 1 aromatic heterocycles. The first-order valence-corrected chi connectivity index (χ1v) is 4.82. The Morgan fingerprint density at radius 1 is 1.54 bits per heavy atom. The SMILES string of the molecule is CNC(=O)c1cc(C)nc(NI)c1. The van der Waals surface area contributed by atoms with Gasteiger partial charge in [-0.25, -0.2) is 4.98 Å². The van der Waals surface area contributed by atoms with Crippen LogP contribution in [0, 0.1) is 6.92 Å². The minimum absolute atomic E-state index is 0.0987. The van der Waals surface area contributed by atoms with Crippen molar-refractivity contribution >= 4 is 34.6 Å². The van der Waals surface area contributed by atoms with Crippen LogP contribution >= 0.6 is 22.9 Å². The van der Waals surface area contributed by atoms with Gasteiger partial charge < -0.3 is 8.85 Å². The van der Waals surface area contributed by atoms with Crippen LogP contribution in [0.3, 0.4) is 0 Å². The topological polar surface area (TPSA) is 54.0 Å². The van der Waals surface area contributed by atoms with Crippen molar-refractivity contribution < 1.29 is 4.79 Å². The molecule has 4 nitrogen and oxygen atoms in total. The molecule has 0 aliphatic carbocycles. The molecule has 5 heteroatoms. The van der Waals surface area contributed by atoms with Crippen LogP contribution in [0.2, 0.25) is 0 Å².